The monoisotopic (exact) mass is 312 g/mol. The molecular weight excluding hydrogens is 292 g/mol. The van der Waals surface area contributed by atoms with Crippen molar-refractivity contribution in [3.63, 3.8) is 0 Å². The van der Waals surface area contributed by atoms with Crippen LogP contribution in [0.15, 0.2) is 11.8 Å². The van der Waals surface area contributed by atoms with Crippen LogP contribution in [0.2, 0.25) is 0 Å². The molecule has 8 nitrogen and oxygen atoms in total. The molecule has 6 N–H and O–H groups in total. The molecule has 0 saturated heterocycles. The smallest absolute Gasteiger partial charge is 0.370 e. The van der Waals surface area contributed by atoms with Crippen molar-refractivity contribution in [1.82, 2.24) is 5.32 Å². The fourth-order valence-corrected chi connectivity index (χ4v) is 2.33. The van der Waals surface area contributed by atoms with Crippen LogP contribution in [-0.4, -0.2) is 58.6 Å². The minimum atomic E-state index is -1.37. The zero-order valence-corrected chi connectivity index (χ0v) is 12.1. The number of carbonyl (C=O) groups excluding carboxylic acids is 1. The quantitative estimate of drug-likeness (QED) is 0.358. The maximum Gasteiger partial charge on any atom is 0.370 e. The standard InChI is InChI=1S/C14H20N2O6/c1-3-8(6-17)12(19)13-11(16-7(2)18)9(5-15)4-10(22-13)14(20)21/h1,4,8-9,11-13,17,19H,5-6,15H2,2H3,(H,16,18)(H,20,21)/t8?,9-,11-,12-,13-/m1/s1. The molecule has 0 fully saturated rings. The molecule has 0 spiro atoms. The lowest BCUT2D eigenvalue weighted by Crippen LogP contribution is -2.58. The number of nitrogens with one attached hydrogen (secondary N) is 1. The molecule has 0 aromatic carbocycles. The molecule has 0 radical (unpaired) electrons. The van der Waals surface area contributed by atoms with E-state index in [-0.39, 0.29) is 12.3 Å². The van der Waals surface area contributed by atoms with E-state index in [9.17, 15) is 19.8 Å². The Morgan fingerprint density at radius 2 is 2.23 bits per heavy atom. The minimum Gasteiger partial charge on any atom is -0.478 e. The molecule has 0 aromatic heterocycles. The van der Waals surface area contributed by atoms with E-state index in [0.717, 1.165) is 0 Å². The Labute approximate surface area is 127 Å². The van der Waals surface area contributed by atoms with Gasteiger partial charge in [-0.3, -0.25) is 4.79 Å². The zero-order valence-electron chi connectivity index (χ0n) is 12.1. The number of carbonyl (C=O) groups is 2. The van der Waals surface area contributed by atoms with Crippen LogP contribution in [0, 0.1) is 24.2 Å². The van der Waals surface area contributed by atoms with Crippen molar-refractivity contribution in [2.75, 3.05) is 13.2 Å². The average Bonchev–Trinajstić information content (AvgIpc) is 2.47. The molecule has 0 aliphatic carbocycles. The lowest BCUT2D eigenvalue weighted by molar-refractivity contribution is -0.143. The Balaban J connectivity index is 3.18. The van der Waals surface area contributed by atoms with Crippen molar-refractivity contribution in [1.29, 1.82) is 0 Å². The van der Waals surface area contributed by atoms with Gasteiger partial charge < -0.3 is 31.1 Å². The Kier molecular flexibility index (Phi) is 6.37. The van der Waals surface area contributed by atoms with Crippen molar-refractivity contribution in [3.05, 3.63) is 11.8 Å². The van der Waals surface area contributed by atoms with Gasteiger partial charge in [0.25, 0.3) is 0 Å². The van der Waals surface area contributed by atoms with Crippen LogP contribution in [0.5, 0.6) is 0 Å². The maximum atomic E-state index is 11.4. The normalized spacial score (nSPS) is 26.9. The summed E-state index contributed by atoms with van der Waals surface area (Å²) >= 11 is 0. The fraction of sp³-hybridized carbons (Fsp3) is 0.571. The Hall–Kier alpha value is -2.08. The lowest BCUT2D eigenvalue weighted by Gasteiger charge is -2.39. The van der Waals surface area contributed by atoms with Gasteiger partial charge in [-0.25, -0.2) is 4.79 Å². The van der Waals surface area contributed by atoms with Gasteiger partial charge in [0, 0.05) is 19.4 Å². The van der Waals surface area contributed by atoms with Gasteiger partial charge in [0.05, 0.1) is 18.6 Å². The number of terminal acetylenes is 1. The molecule has 22 heavy (non-hydrogen) atoms. The Morgan fingerprint density at radius 3 is 2.64 bits per heavy atom. The number of aliphatic hydroxyl groups excluding tert-OH is 2. The zero-order chi connectivity index (χ0) is 16.9. The third kappa shape index (κ3) is 3.98. The van der Waals surface area contributed by atoms with Gasteiger partial charge in [-0.2, -0.15) is 0 Å². The molecule has 1 aliphatic heterocycles. The number of aliphatic hydroxyl groups is 2. The summed E-state index contributed by atoms with van der Waals surface area (Å²) in [5, 5.41) is 31.1. The van der Waals surface area contributed by atoms with Gasteiger partial charge >= 0.3 is 5.97 Å². The van der Waals surface area contributed by atoms with Crippen LogP contribution in [0.25, 0.3) is 0 Å². The molecule has 0 bridgehead atoms. The van der Waals surface area contributed by atoms with Crippen LogP contribution in [0.4, 0.5) is 0 Å². The van der Waals surface area contributed by atoms with Crippen LogP contribution in [0.1, 0.15) is 6.92 Å². The van der Waals surface area contributed by atoms with Gasteiger partial charge in [0.2, 0.25) is 11.7 Å². The van der Waals surface area contributed by atoms with E-state index in [1.54, 1.807) is 0 Å². The summed E-state index contributed by atoms with van der Waals surface area (Å²) in [5.41, 5.74) is 5.62. The highest BCUT2D eigenvalue weighted by atomic mass is 16.5. The number of amides is 1. The third-order valence-corrected chi connectivity index (χ3v) is 3.46. The van der Waals surface area contributed by atoms with Crippen molar-refractivity contribution in [2.24, 2.45) is 17.6 Å². The summed E-state index contributed by atoms with van der Waals surface area (Å²) in [5.74, 6) is -1.40. The van der Waals surface area contributed by atoms with E-state index in [1.165, 1.54) is 13.0 Å². The maximum absolute atomic E-state index is 11.4. The first kappa shape index (κ1) is 18.0. The number of carboxylic acids is 1. The second-order valence-electron chi connectivity index (χ2n) is 4.99. The number of hydrogen-bond acceptors (Lipinski definition) is 6. The largest absolute Gasteiger partial charge is 0.478 e. The van der Waals surface area contributed by atoms with E-state index in [1.807, 2.05) is 0 Å². The first-order chi connectivity index (χ1) is 10.3. The van der Waals surface area contributed by atoms with Gasteiger partial charge in [-0.1, -0.05) is 5.92 Å². The molecule has 1 heterocycles. The van der Waals surface area contributed by atoms with Gasteiger partial charge in [0.15, 0.2) is 0 Å². The highest BCUT2D eigenvalue weighted by Crippen LogP contribution is 2.27. The van der Waals surface area contributed by atoms with Crippen LogP contribution in [0.3, 0.4) is 0 Å². The van der Waals surface area contributed by atoms with Crippen LogP contribution in [-0.2, 0) is 14.3 Å². The van der Waals surface area contributed by atoms with Crippen molar-refractivity contribution in [2.45, 2.75) is 25.2 Å². The summed E-state index contributed by atoms with van der Waals surface area (Å²) in [7, 11) is 0. The SMILES string of the molecule is C#CC(CO)[C@@H](O)[C@@H]1OC(C(=O)O)=C[C@H](CN)[C@H]1NC(C)=O. The number of hydrogen-bond donors (Lipinski definition) is 5. The number of ether oxygens (including phenoxy) is 1. The number of nitrogens with two attached hydrogens (primary N) is 1. The number of carboxylic acid groups (broad SMARTS) is 1. The first-order valence-corrected chi connectivity index (χ1v) is 6.69. The Bertz CT molecular complexity index is 498. The predicted octanol–water partition coefficient (Wildman–Crippen LogP) is -1.96. The van der Waals surface area contributed by atoms with Crippen molar-refractivity contribution in [3.8, 4) is 12.3 Å². The molecule has 1 unspecified atom stereocenters. The Morgan fingerprint density at radius 1 is 1.59 bits per heavy atom. The molecular formula is C14H20N2O6. The average molecular weight is 312 g/mol. The second kappa shape index (κ2) is 7.79. The molecule has 5 atom stereocenters. The van der Waals surface area contributed by atoms with E-state index >= 15 is 0 Å². The van der Waals surface area contributed by atoms with Gasteiger partial charge in [-0.05, 0) is 6.08 Å². The van der Waals surface area contributed by atoms with E-state index in [0.29, 0.717) is 0 Å². The molecule has 1 aliphatic rings. The van der Waals surface area contributed by atoms with Crippen LogP contribution < -0.4 is 11.1 Å². The fourth-order valence-electron chi connectivity index (χ4n) is 2.33. The number of rotatable bonds is 6. The number of aliphatic carboxylic acids is 1. The molecule has 1 rings (SSSR count). The lowest BCUT2D eigenvalue weighted by atomic mass is 9.85. The van der Waals surface area contributed by atoms with E-state index in [4.69, 9.17) is 22.0 Å². The van der Waals surface area contributed by atoms with Gasteiger partial charge in [0.1, 0.15) is 12.2 Å². The molecule has 0 aromatic rings. The first-order valence-electron chi connectivity index (χ1n) is 6.69. The predicted molar refractivity (Wildman–Crippen MR) is 76.2 cm³/mol. The summed E-state index contributed by atoms with van der Waals surface area (Å²) in [6.07, 6.45) is 4.01. The molecule has 1 amide bonds. The molecule has 8 heteroatoms. The van der Waals surface area contributed by atoms with Gasteiger partial charge in [-0.15, -0.1) is 6.42 Å². The van der Waals surface area contributed by atoms with E-state index in [2.05, 4.69) is 11.2 Å². The van der Waals surface area contributed by atoms with Crippen molar-refractivity contribution >= 4 is 11.9 Å². The highest BCUT2D eigenvalue weighted by molar-refractivity contribution is 5.84. The summed E-state index contributed by atoms with van der Waals surface area (Å²) < 4.78 is 5.27. The minimum absolute atomic E-state index is 0.0359. The molecule has 122 valence electrons. The summed E-state index contributed by atoms with van der Waals surface area (Å²) in [6.45, 7) is 0.802. The highest BCUT2D eigenvalue weighted by Gasteiger charge is 2.42. The second-order valence-corrected chi connectivity index (χ2v) is 4.99. The summed E-state index contributed by atoms with van der Waals surface area (Å²) in [4.78, 5) is 22.5. The van der Waals surface area contributed by atoms with E-state index < -0.39 is 48.6 Å². The van der Waals surface area contributed by atoms with Crippen molar-refractivity contribution < 1.29 is 29.6 Å². The van der Waals surface area contributed by atoms with Crippen LogP contribution >= 0.6 is 0 Å². The molecule has 0 saturated carbocycles. The summed E-state index contributed by atoms with van der Waals surface area (Å²) in [6, 6.07) is -0.761. The third-order valence-electron chi connectivity index (χ3n) is 3.46. The topological polar surface area (TPSA) is 142 Å².